The Hall–Kier alpha value is -4.99. The molecule has 10 nitrogen and oxygen atoms in total. The lowest BCUT2D eigenvalue weighted by Crippen LogP contribution is -2.35. The van der Waals surface area contributed by atoms with Gasteiger partial charge in [-0.25, -0.2) is 0 Å². The van der Waals surface area contributed by atoms with Crippen LogP contribution in [0.3, 0.4) is 0 Å². The molecular formula is C31H31N5O5. The Labute approximate surface area is 237 Å². The number of benzene rings is 3. The number of nitrogens with zero attached hydrogens (tertiary/aromatic N) is 2. The molecule has 0 atom stereocenters. The smallest absolute Gasteiger partial charge is 0.320 e. The average Bonchev–Trinajstić information content (AvgIpc) is 3.43. The van der Waals surface area contributed by atoms with Crippen LogP contribution in [0.5, 0.6) is 0 Å². The van der Waals surface area contributed by atoms with E-state index >= 15 is 0 Å². The van der Waals surface area contributed by atoms with Crippen molar-refractivity contribution >= 4 is 40.9 Å². The predicted molar refractivity (Wildman–Crippen MR) is 154 cm³/mol. The predicted octanol–water partition coefficient (Wildman–Crippen LogP) is 6.30. The Balaban J connectivity index is 1.14. The molecule has 1 aliphatic rings. The quantitative estimate of drug-likeness (QED) is 0.216. The minimum Gasteiger partial charge on any atom is -0.460 e. The number of anilines is 4. The molecule has 0 bridgehead atoms. The summed E-state index contributed by atoms with van der Waals surface area (Å²) in [5, 5.41) is 16.3. The largest absolute Gasteiger partial charge is 0.460 e. The van der Waals surface area contributed by atoms with Gasteiger partial charge in [0, 0.05) is 29.5 Å². The second-order valence-corrected chi connectivity index (χ2v) is 10.3. The van der Waals surface area contributed by atoms with Crippen LogP contribution in [0.25, 0.3) is 0 Å². The van der Waals surface area contributed by atoms with Crippen LogP contribution in [-0.4, -0.2) is 33.6 Å². The number of hydrogen-bond donors (Lipinski definition) is 3. The molecule has 3 aromatic carbocycles. The first-order chi connectivity index (χ1) is 19.8. The highest BCUT2D eigenvalue weighted by atomic mass is 16.6. The van der Waals surface area contributed by atoms with Crippen molar-refractivity contribution in [1.82, 2.24) is 10.2 Å². The fourth-order valence-electron chi connectivity index (χ4n) is 4.99. The number of ether oxygens (including phenoxy) is 1. The summed E-state index contributed by atoms with van der Waals surface area (Å²) in [6.07, 6.45) is 3.48. The SMILES string of the molecule is CC(=O)O[C@]1(C)CC[C@@H](c2ccc(NC(=O)c3nnc(Nc4cccc(NC(=O)c5ccccc5)c4)o3)cc2)CC1. The highest BCUT2D eigenvalue weighted by Gasteiger charge is 2.34. The van der Waals surface area contributed by atoms with E-state index in [1.165, 1.54) is 12.5 Å². The molecule has 1 saturated carbocycles. The number of rotatable bonds is 8. The van der Waals surface area contributed by atoms with E-state index in [1.54, 1.807) is 48.5 Å². The summed E-state index contributed by atoms with van der Waals surface area (Å²) in [7, 11) is 0. The number of esters is 1. The van der Waals surface area contributed by atoms with Gasteiger partial charge in [0.1, 0.15) is 5.60 Å². The molecule has 2 amide bonds. The average molecular weight is 554 g/mol. The summed E-state index contributed by atoms with van der Waals surface area (Å²) in [5.41, 5.74) is 3.11. The maximum absolute atomic E-state index is 12.7. The van der Waals surface area contributed by atoms with Crippen LogP contribution in [0.4, 0.5) is 23.1 Å². The number of hydrogen-bond acceptors (Lipinski definition) is 8. The molecule has 0 spiro atoms. The van der Waals surface area contributed by atoms with Crippen LogP contribution in [0.1, 0.15) is 72.1 Å². The minimum atomic E-state index is -0.531. The van der Waals surface area contributed by atoms with Crippen molar-refractivity contribution in [2.24, 2.45) is 0 Å². The summed E-state index contributed by atoms with van der Waals surface area (Å²) < 4.78 is 11.0. The molecule has 4 aromatic rings. The first kappa shape index (κ1) is 27.6. The topological polar surface area (TPSA) is 135 Å². The van der Waals surface area contributed by atoms with Gasteiger partial charge in [0.2, 0.25) is 0 Å². The van der Waals surface area contributed by atoms with E-state index < -0.39 is 11.5 Å². The van der Waals surface area contributed by atoms with Crippen molar-refractivity contribution in [2.45, 2.75) is 51.0 Å². The number of carbonyl (C=O) groups is 3. The van der Waals surface area contributed by atoms with E-state index in [-0.39, 0.29) is 23.8 Å². The number of nitrogens with one attached hydrogen (secondary N) is 3. The lowest BCUT2D eigenvalue weighted by molar-refractivity contribution is -0.158. The third-order valence-electron chi connectivity index (χ3n) is 7.10. The molecule has 5 rings (SSSR count). The Kier molecular flexibility index (Phi) is 8.09. The van der Waals surface area contributed by atoms with Gasteiger partial charge in [-0.05, 0) is 86.6 Å². The Morgan fingerprint density at radius 3 is 2.22 bits per heavy atom. The number of aromatic nitrogens is 2. The maximum atomic E-state index is 12.7. The Morgan fingerprint density at radius 2 is 1.51 bits per heavy atom. The van der Waals surface area contributed by atoms with Gasteiger partial charge < -0.3 is 25.1 Å². The Bertz CT molecular complexity index is 1530. The highest BCUT2D eigenvalue weighted by molar-refractivity contribution is 6.04. The number of carbonyl (C=O) groups excluding carboxylic acids is 3. The van der Waals surface area contributed by atoms with Crippen molar-refractivity contribution in [3.8, 4) is 0 Å². The van der Waals surface area contributed by atoms with Crippen LogP contribution in [-0.2, 0) is 9.53 Å². The molecule has 41 heavy (non-hydrogen) atoms. The van der Waals surface area contributed by atoms with Crippen LogP contribution in [0, 0.1) is 0 Å². The third kappa shape index (κ3) is 7.16. The molecular weight excluding hydrogens is 522 g/mol. The van der Waals surface area contributed by atoms with Crippen LogP contribution in [0.15, 0.2) is 83.3 Å². The summed E-state index contributed by atoms with van der Waals surface area (Å²) in [6.45, 7) is 3.44. The normalized spacial score (nSPS) is 18.2. The van der Waals surface area contributed by atoms with E-state index in [4.69, 9.17) is 9.15 Å². The van der Waals surface area contributed by atoms with Gasteiger partial charge in [-0.3, -0.25) is 14.4 Å². The monoisotopic (exact) mass is 553 g/mol. The molecule has 0 unspecified atom stereocenters. The van der Waals surface area contributed by atoms with Gasteiger partial charge in [-0.2, -0.15) is 0 Å². The maximum Gasteiger partial charge on any atom is 0.320 e. The first-order valence-corrected chi connectivity index (χ1v) is 13.4. The Morgan fingerprint density at radius 1 is 0.829 bits per heavy atom. The summed E-state index contributed by atoms with van der Waals surface area (Å²) in [6, 6.07) is 23.7. The van der Waals surface area contributed by atoms with Gasteiger partial charge >= 0.3 is 23.8 Å². The summed E-state index contributed by atoms with van der Waals surface area (Å²) >= 11 is 0. The van der Waals surface area contributed by atoms with Gasteiger partial charge in [-0.15, -0.1) is 5.10 Å². The van der Waals surface area contributed by atoms with E-state index in [2.05, 4.69) is 26.1 Å². The van der Waals surface area contributed by atoms with Crippen molar-refractivity contribution in [3.63, 3.8) is 0 Å². The van der Waals surface area contributed by atoms with E-state index in [0.29, 0.717) is 28.5 Å². The minimum absolute atomic E-state index is 0.0371. The van der Waals surface area contributed by atoms with Crippen molar-refractivity contribution in [2.75, 3.05) is 16.0 Å². The van der Waals surface area contributed by atoms with Gasteiger partial charge in [0.25, 0.3) is 5.91 Å². The standard InChI is InChI=1S/C31H31N5O5/c1-20(37)41-31(2)17-15-22(16-18-31)21-11-13-24(14-12-21)32-28(39)29-35-36-30(40-29)34-26-10-6-9-25(19-26)33-27(38)23-7-4-3-5-8-23/h3-14,19,22H,15-18H2,1-2H3,(H,32,39)(H,33,38)(H,34,36)/t22-,31-. The number of amides is 2. The second-order valence-electron chi connectivity index (χ2n) is 10.3. The molecule has 1 aliphatic carbocycles. The van der Waals surface area contributed by atoms with Gasteiger partial charge in [-0.1, -0.05) is 41.5 Å². The van der Waals surface area contributed by atoms with Crippen LogP contribution < -0.4 is 16.0 Å². The molecule has 1 aromatic heterocycles. The molecule has 10 heteroatoms. The molecule has 1 heterocycles. The molecule has 0 radical (unpaired) electrons. The second kappa shape index (κ2) is 12.0. The van der Waals surface area contributed by atoms with E-state index in [1.807, 2.05) is 37.3 Å². The molecule has 3 N–H and O–H groups in total. The van der Waals surface area contributed by atoms with Crippen LogP contribution >= 0.6 is 0 Å². The lowest BCUT2D eigenvalue weighted by Gasteiger charge is -2.36. The zero-order valence-electron chi connectivity index (χ0n) is 22.8. The third-order valence-corrected chi connectivity index (χ3v) is 7.10. The first-order valence-electron chi connectivity index (χ1n) is 13.4. The van der Waals surface area contributed by atoms with Gasteiger partial charge in [0.05, 0.1) is 0 Å². The van der Waals surface area contributed by atoms with Crippen LogP contribution in [0.2, 0.25) is 0 Å². The lowest BCUT2D eigenvalue weighted by atomic mass is 9.77. The van der Waals surface area contributed by atoms with Gasteiger partial charge in [0.15, 0.2) is 0 Å². The fraction of sp³-hybridized carbons (Fsp3) is 0.258. The van der Waals surface area contributed by atoms with Crippen molar-refractivity contribution < 1.29 is 23.5 Å². The molecule has 1 fully saturated rings. The van der Waals surface area contributed by atoms with E-state index in [9.17, 15) is 14.4 Å². The fourth-order valence-corrected chi connectivity index (χ4v) is 4.99. The zero-order chi connectivity index (χ0) is 28.8. The summed E-state index contributed by atoms with van der Waals surface area (Å²) in [5.74, 6) is -0.820. The van der Waals surface area contributed by atoms with Crippen molar-refractivity contribution in [1.29, 1.82) is 0 Å². The highest BCUT2D eigenvalue weighted by Crippen LogP contribution is 2.40. The molecule has 210 valence electrons. The summed E-state index contributed by atoms with van der Waals surface area (Å²) in [4.78, 5) is 36.5. The van der Waals surface area contributed by atoms with E-state index in [0.717, 1.165) is 25.7 Å². The van der Waals surface area contributed by atoms with Crippen molar-refractivity contribution in [3.05, 3.63) is 95.9 Å². The zero-order valence-corrected chi connectivity index (χ0v) is 22.8. The molecule has 0 aliphatic heterocycles. The molecule has 0 saturated heterocycles.